The van der Waals surface area contributed by atoms with Gasteiger partial charge in [-0.1, -0.05) is 57.9 Å². The number of rotatable bonds is 5. The van der Waals surface area contributed by atoms with Crippen molar-refractivity contribution in [3.63, 3.8) is 0 Å². The lowest BCUT2D eigenvalue weighted by Crippen LogP contribution is -2.37. The molecule has 0 unspecified atom stereocenters. The van der Waals surface area contributed by atoms with Gasteiger partial charge in [-0.15, -0.1) is 0 Å². The van der Waals surface area contributed by atoms with Crippen molar-refractivity contribution in [2.24, 2.45) is 0 Å². The number of nitrogens with one attached hydrogen (secondary N) is 1. The summed E-state index contributed by atoms with van der Waals surface area (Å²) >= 11 is 10.2. The molecule has 2 aromatic rings. The molecule has 1 fully saturated rings. The molecular formula is C19H14BrClN2O3S. The molecule has 1 aliphatic heterocycles. The molecule has 0 spiro atoms. The summed E-state index contributed by atoms with van der Waals surface area (Å²) in [6, 6.07) is 14.3. The molecule has 27 heavy (non-hydrogen) atoms. The number of hydrogen-bond donors (Lipinski definition) is 1. The molecule has 0 bridgehead atoms. The Morgan fingerprint density at radius 3 is 2.63 bits per heavy atom. The van der Waals surface area contributed by atoms with E-state index in [1.807, 2.05) is 30.3 Å². The van der Waals surface area contributed by atoms with Crippen LogP contribution >= 0.6 is 39.3 Å². The van der Waals surface area contributed by atoms with Crippen LogP contribution in [-0.4, -0.2) is 35.0 Å². The van der Waals surface area contributed by atoms with Gasteiger partial charge in [0.05, 0.1) is 15.5 Å². The maximum absolute atomic E-state index is 12.4. The van der Waals surface area contributed by atoms with Crippen LogP contribution in [0, 0.1) is 0 Å². The summed E-state index contributed by atoms with van der Waals surface area (Å²) < 4.78 is 0.770. The van der Waals surface area contributed by atoms with E-state index in [0.29, 0.717) is 15.5 Å². The summed E-state index contributed by atoms with van der Waals surface area (Å²) in [6.45, 7) is 0.235. The molecule has 2 aromatic carbocycles. The number of carbonyl (C=O) groups excluding carboxylic acids is 3. The van der Waals surface area contributed by atoms with Crippen molar-refractivity contribution in [2.75, 3.05) is 13.1 Å². The minimum atomic E-state index is -0.362. The van der Waals surface area contributed by atoms with Crippen LogP contribution < -0.4 is 5.32 Å². The van der Waals surface area contributed by atoms with E-state index in [4.69, 9.17) is 11.6 Å². The van der Waals surface area contributed by atoms with Crippen molar-refractivity contribution < 1.29 is 14.4 Å². The SMILES string of the molecule is O=C(NCCN1C(=O)S/C(=C\c2ccccc2)C1=O)c1ccc(Br)cc1Cl. The second-order valence-corrected chi connectivity index (χ2v) is 7.94. The molecule has 1 N–H and O–H groups in total. The zero-order valence-electron chi connectivity index (χ0n) is 13.9. The first-order chi connectivity index (χ1) is 13.0. The summed E-state index contributed by atoms with van der Waals surface area (Å²) in [7, 11) is 0. The monoisotopic (exact) mass is 464 g/mol. The first-order valence-electron chi connectivity index (χ1n) is 7.99. The van der Waals surface area contributed by atoms with Gasteiger partial charge in [0.2, 0.25) is 0 Å². The quantitative estimate of drug-likeness (QED) is 0.657. The smallest absolute Gasteiger partial charge is 0.293 e. The molecule has 0 saturated carbocycles. The Morgan fingerprint density at radius 2 is 1.93 bits per heavy atom. The maximum atomic E-state index is 12.4. The third kappa shape index (κ3) is 4.80. The Balaban J connectivity index is 1.59. The average Bonchev–Trinajstić information content (AvgIpc) is 2.89. The predicted molar refractivity (Wildman–Crippen MR) is 111 cm³/mol. The molecular weight excluding hydrogens is 452 g/mol. The molecule has 1 heterocycles. The lowest BCUT2D eigenvalue weighted by molar-refractivity contribution is -0.122. The third-order valence-electron chi connectivity index (χ3n) is 3.77. The Kier molecular flexibility index (Phi) is 6.36. The fourth-order valence-corrected chi connectivity index (χ4v) is 4.07. The summed E-state index contributed by atoms with van der Waals surface area (Å²) in [5.74, 6) is -0.718. The minimum absolute atomic E-state index is 0.0939. The van der Waals surface area contributed by atoms with E-state index in [-0.39, 0.29) is 30.1 Å². The lowest BCUT2D eigenvalue weighted by Gasteiger charge is -2.13. The van der Waals surface area contributed by atoms with Crippen LogP contribution in [0.15, 0.2) is 57.9 Å². The molecule has 8 heteroatoms. The standard InChI is InChI=1S/C19H14BrClN2O3S/c20-13-6-7-14(15(21)11-13)17(24)22-8-9-23-18(25)16(27-19(23)26)10-12-4-2-1-3-5-12/h1-7,10-11H,8-9H2,(H,22,24)/b16-10-. The fourth-order valence-electron chi connectivity index (χ4n) is 2.44. The van der Waals surface area contributed by atoms with Crippen LogP contribution in [0.4, 0.5) is 4.79 Å². The van der Waals surface area contributed by atoms with Crippen LogP contribution in [0.1, 0.15) is 15.9 Å². The highest BCUT2D eigenvalue weighted by atomic mass is 79.9. The van der Waals surface area contributed by atoms with Gasteiger partial charge in [0.1, 0.15) is 0 Å². The highest BCUT2D eigenvalue weighted by Gasteiger charge is 2.34. The van der Waals surface area contributed by atoms with Crippen molar-refractivity contribution in [3.05, 3.63) is 74.1 Å². The molecule has 5 nitrogen and oxygen atoms in total. The summed E-state index contributed by atoms with van der Waals surface area (Å²) in [6.07, 6.45) is 1.69. The van der Waals surface area contributed by atoms with Crippen LogP contribution in [0.5, 0.6) is 0 Å². The van der Waals surface area contributed by atoms with Gasteiger partial charge in [0, 0.05) is 17.6 Å². The summed E-state index contributed by atoms with van der Waals surface area (Å²) in [5, 5.41) is 2.65. The second kappa shape index (κ2) is 8.73. The molecule has 0 radical (unpaired) electrons. The molecule has 1 saturated heterocycles. The molecule has 0 aromatic heterocycles. The highest BCUT2D eigenvalue weighted by molar-refractivity contribution is 9.10. The van der Waals surface area contributed by atoms with Crippen LogP contribution in [-0.2, 0) is 4.79 Å². The van der Waals surface area contributed by atoms with Gasteiger partial charge < -0.3 is 5.32 Å². The Morgan fingerprint density at radius 1 is 1.19 bits per heavy atom. The molecule has 3 rings (SSSR count). The molecule has 1 aliphatic rings. The number of carbonyl (C=O) groups is 3. The number of amides is 3. The topological polar surface area (TPSA) is 66.5 Å². The van der Waals surface area contributed by atoms with Crippen LogP contribution in [0.25, 0.3) is 6.08 Å². The van der Waals surface area contributed by atoms with E-state index < -0.39 is 0 Å². The first kappa shape index (κ1) is 19.7. The Bertz CT molecular complexity index is 934. The van der Waals surface area contributed by atoms with E-state index >= 15 is 0 Å². The van der Waals surface area contributed by atoms with E-state index in [0.717, 1.165) is 26.7 Å². The van der Waals surface area contributed by atoms with Crippen LogP contribution in [0.2, 0.25) is 5.02 Å². The molecule has 0 aliphatic carbocycles. The van der Waals surface area contributed by atoms with Crippen molar-refractivity contribution >= 4 is 62.4 Å². The summed E-state index contributed by atoms with van der Waals surface area (Å²) in [5.41, 5.74) is 1.18. The van der Waals surface area contributed by atoms with Crippen molar-refractivity contribution in [1.82, 2.24) is 10.2 Å². The van der Waals surface area contributed by atoms with Gasteiger partial charge in [-0.05, 0) is 41.6 Å². The van der Waals surface area contributed by atoms with Crippen molar-refractivity contribution in [3.8, 4) is 0 Å². The van der Waals surface area contributed by atoms with E-state index in [1.165, 1.54) is 0 Å². The van der Waals surface area contributed by atoms with Crippen LogP contribution in [0.3, 0.4) is 0 Å². The van der Waals surface area contributed by atoms with Crippen molar-refractivity contribution in [2.45, 2.75) is 0 Å². The molecule has 0 atom stereocenters. The Labute approximate surface area is 173 Å². The lowest BCUT2D eigenvalue weighted by atomic mass is 10.2. The van der Waals surface area contributed by atoms with Gasteiger partial charge >= 0.3 is 0 Å². The number of hydrogen-bond acceptors (Lipinski definition) is 4. The molecule has 3 amide bonds. The number of halogens is 2. The van der Waals surface area contributed by atoms with E-state index in [9.17, 15) is 14.4 Å². The minimum Gasteiger partial charge on any atom is -0.350 e. The normalized spacial score (nSPS) is 15.5. The Hall–Kier alpha value is -2.09. The second-order valence-electron chi connectivity index (χ2n) is 5.62. The number of thioether (sulfide) groups is 1. The largest absolute Gasteiger partial charge is 0.350 e. The summed E-state index contributed by atoms with van der Waals surface area (Å²) in [4.78, 5) is 38.2. The number of nitrogens with zero attached hydrogens (tertiary/aromatic N) is 1. The average molecular weight is 466 g/mol. The van der Waals surface area contributed by atoms with Gasteiger partial charge in [-0.3, -0.25) is 19.3 Å². The zero-order valence-corrected chi connectivity index (χ0v) is 17.1. The van der Waals surface area contributed by atoms with E-state index in [1.54, 1.807) is 24.3 Å². The van der Waals surface area contributed by atoms with Gasteiger partial charge in [-0.2, -0.15) is 0 Å². The number of imide groups is 1. The first-order valence-corrected chi connectivity index (χ1v) is 9.98. The molecule has 138 valence electrons. The predicted octanol–water partition coefficient (Wildman–Crippen LogP) is 4.57. The van der Waals surface area contributed by atoms with E-state index in [2.05, 4.69) is 21.2 Å². The van der Waals surface area contributed by atoms with Crippen molar-refractivity contribution in [1.29, 1.82) is 0 Å². The van der Waals surface area contributed by atoms with Gasteiger partial charge in [-0.25, -0.2) is 0 Å². The third-order valence-corrected chi connectivity index (χ3v) is 5.48. The zero-order chi connectivity index (χ0) is 19.4. The maximum Gasteiger partial charge on any atom is 0.293 e. The number of benzene rings is 2. The van der Waals surface area contributed by atoms with Gasteiger partial charge in [0.25, 0.3) is 17.1 Å². The fraction of sp³-hybridized carbons (Fsp3) is 0.105. The van der Waals surface area contributed by atoms with Gasteiger partial charge in [0.15, 0.2) is 0 Å². The highest BCUT2D eigenvalue weighted by Crippen LogP contribution is 2.31.